The van der Waals surface area contributed by atoms with Crippen molar-refractivity contribution in [1.29, 1.82) is 0 Å². The summed E-state index contributed by atoms with van der Waals surface area (Å²) in [5.74, 6) is -0.0175. The second-order valence-electron chi connectivity index (χ2n) is 10.4. The number of nitro benzene ring substituents is 1. The molecule has 5 rings (SSSR count). The first-order valence-electron chi connectivity index (χ1n) is 13.4. The summed E-state index contributed by atoms with van der Waals surface area (Å²) in [5, 5.41) is 11.9. The van der Waals surface area contributed by atoms with Crippen molar-refractivity contribution in [3.63, 3.8) is 0 Å². The average Bonchev–Trinajstić information content (AvgIpc) is 3.34. The quantitative estimate of drug-likeness (QED) is 0.297. The van der Waals surface area contributed by atoms with Gasteiger partial charge in [0.1, 0.15) is 11.6 Å². The van der Waals surface area contributed by atoms with E-state index >= 15 is 0 Å². The molecule has 0 radical (unpaired) electrons. The Morgan fingerprint density at radius 1 is 1.10 bits per heavy atom. The molecule has 2 aliphatic rings. The summed E-state index contributed by atoms with van der Waals surface area (Å²) >= 11 is 1.72. The van der Waals surface area contributed by atoms with E-state index in [1.807, 2.05) is 4.90 Å². The number of hydrogen-bond acceptors (Lipinski definition) is 9. The van der Waals surface area contributed by atoms with E-state index in [1.54, 1.807) is 11.3 Å². The van der Waals surface area contributed by atoms with Gasteiger partial charge < -0.3 is 9.64 Å². The lowest BCUT2D eigenvalue weighted by molar-refractivity contribution is -0.384. The van der Waals surface area contributed by atoms with Crippen LogP contribution < -0.4 is 4.72 Å². The maximum absolute atomic E-state index is 12.8. The normalized spacial score (nSPS) is 20.6. The number of nitrogens with zero attached hydrogens (tertiary/aromatic N) is 4. The summed E-state index contributed by atoms with van der Waals surface area (Å²) in [6, 6.07) is 10.9. The minimum atomic E-state index is -3.77. The number of non-ortho nitro benzene ring substituents is 1. The monoisotopic (exact) mass is 587 g/mol. The number of aryl methyl sites for hydroxylation is 1. The molecule has 0 spiro atoms. The fourth-order valence-electron chi connectivity index (χ4n) is 5.16. The number of ether oxygens (including phenoxy) is 1. The SMILES string of the molecule is Cc1ccc2sc(CN3CCN(C(=O)CO[C@H]4CC[C@H](NS(=O)(=O)c5ccc([N+](=O)[O-])cc5)CC4)CC3)nc2c1. The number of hydrogen-bond donors (Lipinski definition) is 1. The maximum atomic E-state index is 12.8. The fourth-order valence-corrected chi connectivity index (χ4v) is 7.46. The van der Waals surface area contributed by atoms with Gasteiger partial charge in [-0.15, -0.1) is 11.3 Å². The number of nitrogens with one attached hydrogen (secondary N) is 1. The molecule has 0 atom stereocenters. The second kappa shape index (κ2) is 12.3. The third-order valence-corrected chi connectivity index (χ3v) is 10.0. The van der Waals surface area contributed by atoms with Crippen LogP contribution in [0.3, 0.4) is 0 Å². The van der Waals surface area contributed by atoms with Crippen molar-refractivity contribution in [1.82, 2.24) is 19.5 Å². The van der Waals surface area contributed by atoms with E-state index in [0.717, 1.165) is 30.2 Å². The number of carbonyl (C=O) groups is 1. The van der Waals surface area contributed by atoms with Crippen LogP contribution in [0.25, 0.3) is 10.2 Å². The summed E-state index contributed by atoms with van der Waals surface area (Å²) in [5.41, 5.74) is 2.09. The number of benzene rings is 2. The molecule has 1 aromatic heterocycles. The van der Waals surface area contributed by atoms with E-state index < -0.39 is 14.9 Å². The highest BCUT2D eigenvalue weighted by Gasteiger charge is 2.28. The molecule has 13 heteroatoms. The highest BCUT2D eigenvalue weighted by atomic mass is 32.2. The minimum absolute atomic E-state index is 0.00247. The molecule has 1 aliphatic heterocycles. The van der Waals surface area contributed by atoms with Gasteiger partial charge in [0.25, 0.3) is 5.69 Å². The van der Waals surface area contributed by atoms with Gasteiger partial charge in [0.2, 0.25) is 15.9 Å². The number of thiazole rings is 1. The zero-order chi connectivity index (χ0) is 28.3. The summed E-state index contributed by atoms with van der Waals surface area (Å²) < 4.78 is 35.1. The Kier molecular flexibility index (Phi) is 8.76. The average molecular weight is 588 g/mol. The zero-order valence-corrected chi connectivity index (χ0v) is 24.0. The van der Waals surface area contributed by atoms with Crippen LogP contribution in [0.15, 0.2) is 47.4 Å². The third-order valence-electron chi connectivity index (χ3n) is 7.47. The van der Waals surface area contributed by atoms with E-state index in [1.165, 1.54) is 34.5 Å². The smallest absolute Gasteiger partial charge is 0.269 e. The summed E-state index contributed by atoms with van der Waals surface area (Å²) in [6.07, 6.45) is 2.39. The lowest BCUT2D eigenvalue weighted by Crippen LogP contribution is -2.49. The molecular weight excluding hydrogens is 554 g/mol. The molecule has 11 nitrogen and oxygen atoms in total. The van der Waals surface area contributed by atoms with E-state index in [0.29, 0.717) is 38.8 Å². The largest absolute Gasteiger partial charge is 0.368 e. The van der Waals surface area contributed by atoms with Crippen molar-refractivity contribution in [2.45, 2.75) is 56.2 Å². The number of fused-ring (bicyclic) bond motifs is 1. The minimum Gasteiger partial charge on any atom is -0.368 e. The van der Waals surface area contributed by atoms with E-state index in [-0.39, 0.29) is 35.2 Å². The lowest BCUT2D eigenvalue weighted by atomic mass is 9.94. The maximum Gasteiger partial charge on any atom is 0.269 e. The Bertz CT molecular complexity index is 1460. The van der Waals surface area contributed by atoms with E-state index in [9.17, 15) is 23.3 Å². The molecule has 1 amide bonds. The molecule has 2 fully saturated rings. The summed E-state index contributed by atoms with van der Waals surface area (Å²) in [4.78, 5) is 31.9. The number of amides is 1. The second-order valence-corrected chi connectivity index (χ2v) is 13.2. The first kappa shape index (κ1) is 28.6. The molecule has 1 aliphatic carbocycles. The Labute approximate surface area is 237 Å². The molecule has 0 unspecified atom stereocenters. The van der Waals surface area contributed by atoms with Gasteiger partial charge in [0, 0.05) is 44.4 Å². The van der Waals surface area contributed by atoms with Crippen molar-refractivity contribution < 1.29 is 22.9 Å². The number of sulfonamides is 1. The van der Waals surface area contributed by atoms with Crippen molar-refractivity contribution in [3.05, 3.63) is 63.1 Å². The van der Waals surface area contributed by atoms with Crippen molar-refractivity contribution in [3.8, 4) is 0 Å². The molecule has 3 aromatic rings. The van der Waals surface area contributed by atoms with Gasteiger partial charge in [0.15, 0.2) is 0 Å². The van der Waals surface area contributed by atoms with Crippen LogP contribution in [-0.4, -0.2) is 79.0 Å². The van der Waals surface area contributed by atoms with Crippen LogP contribution in [0.1, 0.15) is 36.3 Å². The van der Waals surface area contributed by atoms with Gasteiger partial charge >= 0.3 is 0 Å². The first-order chi connectivity index (χ1) is 19.2. The van der Waals surface area contributed by atoms with E-state index in [4.69, 9.17) is 9.72 Å². The third kappa shape index (κ3) is 7.02. The van der Waals surface area contributed by atoms with Gasteiger partial charge in [-0.2, -0.15) is 0 Å². The molecular formula is C27H33N5O6S2. The van der Waals surface area contributed by atoms with Crippen LogP contribution in [0.5, 0.6) is 0 Å². The van der Waals surface area contributed by atoms with Gasteiger partial charge in [-0.05, 0) is 62.4 Å². The van der Waals surface area contributed by atoms with Gasteiger partial charge in [-0.25, -0.2) is 18.1 Å². The molecule has 1 saturated heterocycles. The van der Waals surface area contributed by atoms with Crippen LogP contribution in [0.2, 0.25) is 0 Å². The molecule has 2 heterocycles. The van der Waals surface area contributed by atoms with Gasteiger partial charge in [-0.1, -0.05) is 6.07 Å². The molecule has 40 heavy (non-hydrogen) atoms. The van der Waals surface area contributed by atoms with Crippen molar-refractivity contribution in [2.24, 2.45) is 0 Å². The molecule has 214 valence electrons. The van der Waals surface area contributed by atoms with Crippen LogP contribution >= 0.6 is 11.3 Å². The highest BCUT2D eigenvalue weighted by Crippen LogP contribution is 2.25. The molecule has 1 N–H and O–H groups in total. The lowest BCUT2D eigenvalue weighted by Gasteiger charge is -2.35. The Balaban J connectivity index is 1.01. The van der Waals surface area contributed by atoms with Crippen LogP contribution in [-0.2, 0) is 26.1 Å². The first-order valence-corrected chi connectivity index (χ1v) is 15.7. The van der Waals surface area contributed by atoms with Crippen molar-refractivity contribution >= 4 is 43.2 Å². The van der Waals surface area contributed by atoms with Gasteiger partial charge in [-0.3, -0.25) is 19.8 Å². The number of aromatic nitrogens is 1. The Morgan fingerprint density at radius 2 is 1.80 bits per heavy atom. The topological polar surface area (TPSA) is 135 Å². The predicted octanol–water partition coefficient (Wildman–Crippen LogP) is 3.46. The Morgan fingerprint density at radius 3 is 2.48 bits per heavy atom. The zero-order valence-electron chi connectivity index (χ0n) is 22.3. The molecule has 1 saturated carbocycles. The van der Waals surface area contributed by atoms with Crippen LogP contribution in [0, 0.1) is 17.0 Å². The van der Waals surface area contributed by atoms with Crippen molar-refractivity contribution in [2.75, 3.05) is 32.8 Å². The molecule has 2 aromatic carbocycles. The predicted molar refractivity (Wildman–Crippen MR) is 152 cm³/mol. The highest BCUT2D eigenvalue weighted by molar-refractivity contribution is 7.89. The summed E-state index contributed by atoms with van der Waals surface area (Å²) in [7, 11) is -3.77. The fraction of sp³-hybridized carbons (Fsp3) is 0.481. The van der Waals surface area contributed by atoms with Crippen LogP contribution in [0.4, 0.5) is 5.69 Å². The van der Waals surface area contributed by atoms with E-state index in [2.05, 4.69) is 34.7 Å². The van der Waals surface area contributed by atoms with Gasteiger partial charge in [0.05, 0.1) is 32.7 Å². The standard InChI is InChI=1S/C27H33N5O6S2/c1-19-2-11-25-24(16-19)28-26(39-25)17-30-12-14-31(15-13-30)27(33)18-38-22-7-3-20(4-8-22)29-40(36,37)23-9-5-21(6-10-23)32(34)35/h2,5-6,9-11,16,20,22,29H,3-4,7-8,12-15,17-18H2,1H3/t20-,22-. The number of piperazine rings is 1. The Hall–Kier alpha value is -2.97. The number of carbonyl (C=O) groups excluding carboxylic acids is 1. The number of rotatable bonds is 9. The number of nitro groups is 1. The molecule has 0 bridgehead atoms. The summed E-state index contributed by atoms with van der Waals surface area (Å²) in [6.45, 7) is 5.78.